The highest BCUT2D eigenvalue weighted by Gasteiger charge is 2.50. The Morgan fingerprint density at radius 2 is 1.13 bits per heavy atom. The topological polar surface area (TPSA) is 8.17 Å². The number of nitrogens with zero attached hydrogens (tertiary/aromatic N) is 2. The summed E-state index contributed by atoms with van der Waals surface area (Å²) in [4.78, 5) is 2.80. The molecule has 4 unspecified atom stereocenters. The largest absolute Gasteiger partial charge is 0.376 e. The van der Waals surface area contributed by atoms with Crippen molar-refractivity contribution in [2.24, 2.45) is 11.8 Å². The molecule has 2 aliphatic heterocycles. The van der Waals surface area contributed by atoms with Crippen molar-refractivity contribution in [1.82, 2.24) is 4.57 Å². The van der Waals surface area contributed by atoms with Crippen LogP contribution in [0.15, 0.2) is 175 Å². The molecule has 0 saturated heterocycles. The average molecular weight is 915 g/mol. The van der Waals surface area contributed by atoms with E-state index in [2.05, 4.69) is 215 Å². The van der Waals surface area contributed by atoms with Crippen LogP contribution in [0.3, 0.4) is 0 Å². The van der Waals surface area contributed by atoms with Gasteiger partial charge < -0.3 is 9.38 Å². The summed E-state index contributed by atoms with van der Waals surface area (Å²) in [6, 6.07) is 60.0. The van der Waals surface area contributed by atoms with Crippen molar-refractivity contribution in [3.8, 4) is 27.9 Å². The van der Waals surface area contributed by atoms with Gasteiger partial charge in [0.05, 0.1) is 16.7 Å². The summed E-state index contributed by atoms with van der Waals surface area (Å²) in [5, 5.41) is 5.44. The van der Waals surface area contributed by atoms with Crippen molar-refractivity contribution in [3.63, 3.8) is 0 Å². The maximum absolute atomic E-state index is 2.80. The molecule has 0 radical (unpaired) electrons. The molecule has 1 aromatic heterocycles. The summed E-state index contributed by atoms with van der Waals surface area (Å²) in [6.45, 7) is 14.9. The van der Waals surface area contributed by atoms with E-state index in [1.807, 2.05) is 0 Å². The van der Waals surface area contributed by atoms with Gasteiger partial charge in [-0.3, -0.25) is 0 Å². The first-order chi connectivity index (χ1) is 34.4. The molecular formula is C68H59BN2. The van der Waals surface area contributed by atoms with Crippen LogP contribution in [0.2, 0.25) is 0 Å². The first-order valence-electron chi connectivity index (χ1n) is 26.7. The van der Waals surface area contributed by atoms with Gasteiger partial charge in [0.2, 0.25) is 0 Å². The minimum absolute atomic E-state index is 0.0488. The standard InChI is InChI=1S/C68H59BN2/c1-65(2)55-18-12-13-19-56(55)66(3,4)58-37-61-52(36-57(58)65)53-32-44-16-10-11-17-50(44)64-62(53)69(71(61)49-23-20-41(21-24-49)40-14-8-7-9-15-40)59-35-48(68(6)29-27-43-31-46(43)39-68)34-54-51-33-47(22-25-60(51)70(64)63(54)59)67(5)28-26-42-30-45(42)38-67/h7-27,32-37,45-46H,28-31,38-39H2,1-6H3. The van der Waals surface area contributed by atoms with E-state index < -0.39 is 0 Å². The van der Waals surface area contributed by atoms with Crippen molar-refractivity contribution >= 4 is 61.7 Å². The van der Waals surface area contributed by atoms with E-state index in [0.29, 0.717) is 0 Å². The smallest absolute Gasteiger partial charge is 0.333 e. The third-order valence-corrected chi connectivity index (χ3v) is 19.7. The zero-order valence-electron chi connectivity index (χ0n) is 42.0. The summed E-state index contributed by atoms with van der Waals surface area (Å²) in [5.74, 6) is 1.49. The number of hydrogen-bond donors (Lipinski definition) is 0. The van der Waals surface area contributed by atoms with Gasteiger partial charge in [-0.2, -0.15) is 0 Å². The first kappa shape index (κ1) is 40.8. The second kappa shape index (κ2) is 13.6. The molecule has 71 heavy (non-hydrogen) atoms. The van der Waals surface area contributed by atoms with Crippen molar-refractivity contribution in [2.45, 2.75) is 102 Å². The molecule has 2 fully saturated rings. The molecule has 344 valence electrons. The Balaban J connectivity index is 1.04. The van der Waals surface area contributed by atoms with Gasteiger partial charge in [0, 0.05) is 43.9 Å². The molecule has 2 saturated carbocycles. The van der Waals surface area contributed by atoms with Crippen LogP contribution in [0.25, 0.3) is 60.5 Å². The number of hydrogen-bond acceptors (Lipinski definition) is 1. The molecule has 8 aromatic carbocycles. The number of aromatic nitrogens is 1. The fourth-order valence-electron chi connectivity index (χ4n) is 15.4. The van der Waals surface area contributed by atoms with Gasteiger partial charge >= 0.3 is 6.85 Å². The Morgan fingerprint density at radius 1 is 0.507 bits per heavy atom. The first-order valence-corrected chi connectivity index (χ1v) is 26.7. The molecule has 5 aliphatic carbocycles. The summed E-state index contributed by atoms with van der Waals surface area (Å²) in [5.41, 5.74) is 26.5. The monoisotopic (exact) mass is 914 g/mol. The van der Waals surface area contributed by atoms with Gasteiger partial charge in [-0.15, -0.1) is 0 Å². The fraction of sp³-hybridized carbons (Fsp3) is 0.265. The third kappa shape index (κ3) is 5.45. The van der Waals surface area contributed by atoms with E-state index >= 15 is 0 Å². The number of anilines is 2. The van der Waals surface area contributed by atoms with Crippen LogP contribution >= 0.6 is 0 Å². The van der Waals surface area contributed by atoms with E-state index in [1.54, 1.807) is 11.1 Å². The van der Waals surface area contributed by atoms with Crippen LogP contribution in [0, 0.1) is 11.8 Å². The van der Waals surface area contributed by atoms with Crippen molar-refractivity contribution < 1.29 is 0 Å². The SMILES string of the molecule is CC1(c2ccc3c(c2)c2cc(C4(C)CC=C5CC5C4)cc4c2n3-c2c3c(cc5ccccc25)-c2cc5c(cc2N(c2ccc(-c6ccccc6)cc2)B34)C(C)(C)c2ccccc2C5(C)C)CC=C2CC2C1. The second-order valence-electron chi connectivity index (χ2n) is 24.6. The van der Waals surface area contributed by atoms with Gasteiger partial charge in [-0.05, 0) is 176 Å². The Bertz CT molecular complexity index is 3940. The molecule has 4 atom stereocenters. The van der Waals surface area contributed by atoms with Crippen LogP contribution in [0.4, 0.5) is 11.4 Å². The quantitative estimate of drug-likeness (QED) is 0.126. The van der Waals surface area contributed by atoms with Crippen molar-refractivity contribution in [1.29, 1.82) is 0 Å². The maximum Gasteiger partial charge on any atom is 0.333 e. The minimum atomic E-state index is -0.200. The van der Waals surface area contributed by atoms with Crippen molar-refractivity contribution in [3.05, 3.63) is 208 Å². The number of rotatable bonds is 4. The Morgan fingerprint density at radius 3 is 1.83 bits per heavy atom. The molecule has 3 heterocycles. The summed E-state index contributed by atoms with van der Waals surface area (Å²) >= 11 is 0. The molecule has 0 bridgehead atoms. The van der Waals surface area contributed by atoms with Crippen LogP contribution in [-0.2, 0) is 21.7 Å². The third-order valence-electron chi connectivity index (χ3n) is 19.7. The summed E-state index contributed by atoms with van der Waals surface area (Å²) in [7, 11) is 0. The lowest BCUT2D eigenvalue weighted by Gasteiger charge is -2.47. The van der Waals surface area contributed by atoms with Crippen molar-refractivity contribution in [2.75, 3.05) is 4.81 Å². The van der Waals surface area contributed by atoms with Gasteiger partial charge in [-0.25, -0.2) is 0 Å². The molecular weight excluding hydrogens is 856 g/mol. The Kier molecular flexibility index (Phi) is 7.80. The van der Waals surface area contributed by atoms with Gasteiger partial charge in [0.25, 0.3) is 0 Å². The summed E-state index contributed by atoms with van der Waals surface area (Å²) < 4.78 is 2.75. The van der Waals surface area contributed by atoms with Gasteiger partial charge in [0.15, 0.2) is 0 Å². The Hall–Kier alpha value is -6.84. The van der Waals surface area contributed by atoms with E-state index in [9.17, 15) is 0 Å². The molecule has 0 N–H and O–H groups in total. The van der Waals surface area contributed by atoms with E-state index in [-0.39, 0.29) is 28.5 Å². The molecule has 2 nitrogen and oxygen atoms in total. The average Bonchev–Trinajstić information content (AvgIpc) is 4.32. The van der Waals surface area contributed by atoms with Gasteiger partial charge in [0.1, 0.15) is 0 Å². The lowest BCUT2D eigenvalue weighted by atomic mass is 9.43. The highest BCUT2D eigenvalue weighted by molar-refractivity contribution is 6.94. The molecule has 9 aromatic rings. The zero-order chi connectivity index (χ0) is 47.5. The minimum Gasteiger partial charge on any atom is -0.376 e. The fourth-order valence-corrected chi connectivity index (χ4v) is 15.4. The summed E-state index contributed by atoms with van der Waals surface area (Å²) in [6.07, 6.45) is 12.5. The molecule has 16 rings (SSSR count). The van der Waals surface area contributed by atoms with Crippen LogP contribution < -0.4 is 15.7 Å². The molecule has 3 heteroatoms. The second-order valence-corrected chi connectivity index (χ2v) is 24.6. The maximum atomic E-state index is 2.80. The normalized spacial score (nSPS) is 24.3. The van der Waals surface area contributed by atoms with E-state index in [4.69, 9.17) is 0 Å². The highest BCUT2D eigenvalue weighted by Crippen LogP contribution is 2.58. The van der Waals surface area contributed by atoms with Crippen LogP contribution in [-0.4, -0.2) is 11.4 Å². The number of allylic oxidation sites excluding steroid dienone is 4. The molecule has 0 amide bonds. The number of benzene rings is 8. The predicted octanol–water partition coefficient (Wildman–Crippen LogP) is 15.8. The lowest BCUT2D eigenvalue weighted by molar-refractivity contribution is 0.407. The predicted molar refractivity (Wildman–Crippen MR) is 299 cm³/mol. The highest BCUT2D eigenvalue weighted by atomic mass is 15.1. The van der Waals surface area contributed by atoms with E-state index in [1.165, 1.54) is 142 Å². The Labute approximate surface area is 418 Å². The van der Waals surface area contributed by atoms with Crippen LogP contribution in [0.5, 0.6) is 0 Å². The molecule has 0 spiro atoms. The van der Waals surface area contributed by atoms with Crippen LogP contribution in [0.1, 0.15) is 113 Å². The lowest BCUT2D eigenvalue weighted by Crippen LogP contribution is -2.61. The number of fused-ring (bicyclic) bond motifs is 13. The van der Waals surface area contributed by atoms with E-state index in [0.717, 1.165) is 24.7 Å². The van der Waals surface area contributed by atoms with Gasteiger partial charge in [-0.1, -0.05) is 168 Å². The molecule has 7 aliphatic rings. The zero-order valence-corrected chi connectivity index (χ0v) is 42.0.